The minimum absolute atomic E-state index is 0.593. The van der Waals surface area contributed by atoms with Crippen molar-refractivity contribution >= 4 is 5.96 Å². The van der Waals surface area contributed by atoms with Crippen LogP contribution < -0.4 is 10.6 Å². The van der Waals surface area contributed by atoms with Crippen LogP contribution in [0.2, 0.25) is 0 Å². The fourth-order valence-corrected chi connectivity index (χ4v) is 2.92. The van der Waals surface area contributed by atoms with Crippen LogP contribution in [-0.2, 0) is 12.6 Å². The van der Waals surface area contributed by atoms with Crippen molar-refractivity contribution < 1.29 is 13.2 Å². The Labute approximate surface area is 147 Å². The van der Waals surface area contributed by atoms with E-state index in [9.17, 15) is 13.2 Å². The number of hydrogen-bond acceptors (Lipinski definition) is 2. The van der Waals surface area contributed by atoms with Crippen LogP contribution in [0.15, 0.2) is 29.3 Å². The van der Waals surface area contributed by atoms with Crippen LogP contribution in [0.4, 0.5) is 13.2 Å². The SMILES string of the molecule is CCNC(=NCC1CCN(C)C1)NCCc1ccc(C(F)(F)F)cc1. The van der Waals surface area contributed by atoms with E-state index in [-0.39, 0.29) is 0 Å². The molecule has 2 N–H and O–H groups in total. The van der Waals surface area contributed by atoms with Crippen LogP contribution in [0.1, 0.15) is 24.5 Å². The van der Waals surface area contributed by atoms with E-state index in [1.54, 1.807) is 0 Å². The Bertz CT molecular complexity index is 554. The summed E-state index contributed by atoms with van der Waals surface area (Å²) in [6.45, 7) is 6.40. The van der Waals surface area contributed by atoms with Gasteiger partial charge in [-0.25, -0.2) is 0 Å². The Morgan fingerprint density at radius 2 is 1.96 bits per heavy atom. The second-order valence-corrected chi connectivity index (χ2v) is 6.51. The second-order valence-electron chi connectivity index (χ2n) is 6.51. The number of halogens is 3. The van der Waals surface area contributed by atoms with Gasteiger partial charge in [-0.2, -0.15) is 13.2 Å². The van der Waals surface area contributed by atoms with Crippen molar-refractivity contribution in [3.05, 3.63) is 35.4 Å². The van der Waals surface area contributed by atoms with Gasteiger partial charge in [-0.1, -0.05) is 12.1 Å². The van der Waals surface area contributed by atoms with Gasteiger partial charge in [-0.15, -0.1) is 0 Å². The molecule has 0 bridgehead atoms. The summed E-state index contributed by atoms with van der Waals surface area (Å²) in [7, 11) is 2.12. The normalized spacial score (nSPS) is 19.2. The molecule has 7 heteroatoms. The van der Waals surface area contributed by atoms with Gasteiger partial charge in [-0.05, 0) is 57.0 Å². The molecule has 1 aromatic carbocycles. The zero-order valence-electron chi connectivity index (χ0n) is 14.9. The molecule has 1 aromatic rings. The van der Waals surface area contributed by atoms with Gasteiger partial charge >= 0.3 is 6.18 Å². The van der Waals surface area contributed by atoms with Crippen molar-refractivity contribution in [1.82, 2.24) is 15.5 Å². The third-order valence-corrected chi connectivity index (χ3v) is 4.33. The number of nitrogens with zero attached hydrogens (tertiary/aromatic N) is 2. The van der Waals surface area contributed by atoms with E-state index in [2.05, 4.69) is 27.6 Å². The lowest BCUT2D eigenvalue weighted by Crippen LogP contribution is -2.38. The topological polar surface area (TPSA) is 39.7 Å². The van der Waals surface area contributed by atoms with E-state index in [4.69, 9.17) is 0 Å². The third kappa shape index (κ3) is 6.57. The zero-order valence-corrected chi connectivity index (χ0v) is 14.9. The summed E-state index contributed by atoms with van der Waals surface area (Å²) in [5, 5.41) is 6.46. The first-order valence-corrected chi connectivity index (χ1v) is 8.75. The monoisotopic (exact) mass is 356 g/mol. The molecule has 1 atom stereocenters. The summed E-state index contributed by atoms with van der Waals surface area (Å²) < 4.78 is 37.7. The first-order chi connectivity index (χ1) is 11.9. The van der Waals surface area contributed by atoms with Crippen molar-refractivity contribution in [3.63, 3.8) is 0 Å². The molecule has 2 rings (SSSR count). The van der Waals surface area contributed by atoms with Crippen LogP contribution >= 0.6 is 0 Å². The van der Waals surface area contributed by atoms with Gasteiger partial charge in [0.15, 0.2) is 5.96 Å². The summed E-state index contributed by atoms with van der Waals surface area (Å²) in [5.41, 5.74) is 0.259. The lowest BCUT2D eigenvalue weighted by atomic mass is 10.1. The van der Waals surface area contributed by atoms with Gasteiger partial charge in [-0.3, -0.25) is 4.99 Å². The van der Waals surface area contributed by atoms with Crippen molar-refractivity contribution in [2.45, 2.75) is 25.9 Å². The Hall–Kier alpha value is -1.76. The summed E-state index contributed by atoms with van der Waals surface area (Å²) >= 11 is 0. The summed E-state index contributed by atoms with van der Waals surface area (Å²) in [5.74, 6) is 1.36. The number of hydrogen-bond donors (Lipinski definition) is 2. The summed E-state index contributed by atoms with van der Waals surface area (Å²) in [4.78, 5) is 6.94. The molecule has 0 amide bonds. The molecule has 0 aromatic heterocycles. The lowest BCUT2D eigenvalue weighted by Gasteiger charge is -2.13. The molecule has 1 saturated heterocycles. The van der Waals surface area contributed by atoms with Crippen molar-refractivity contribution in [3.8, 4) is 0 Å². The number of benzene rings is 1. The second kappa shape index (κ2) is 9.08. The standard InChI is InChI=1S/C18H27F3N4/c1-3-22-17(24-12-15-9-11-25(2)13-15)23-10-8-14-4-6-16(7-5-14)18(19,20)21/h4-7,15H,3,8-13H2,1-2H3,(H2,22,23,24). The number of rotatable bonds is 6. The molecule has 0 saturated carbocycles. The smallest absolute Gasteiger partial charge is 0.357 e. The van der Waals surface area contributed by atoms with Gasteiger partial charge in [0.25, 0.3) is 0 Å². The van der Waals surface area contributed by atoms with Crippen LogP contribution in [0.25, 0.3) is 0 Å². The van der Waals surface area contributed by atoms with Gasteiger partial charge in [0.1, 0.15) is 0 Å². The number of alkyl halides is 3. The van der Waals surface area contributed by atoms with Gasteiger partial charge in [0.05, 0.1) is 5.56 Å². The molecular weight excluding hydrogens is 329 g/mol. The minimum atomic E-state index is -4.28. The summed E-state index contributed by atoms with van der Waals surface area (Å²) in [6, 6.07) is 5.32. The fourth-order valence-electron chi connectivity index (χ4n) is 2.92. The number of likely N-dealkylation sites (tertiary alicyclic amines) is 1. The van der Waals surface area contributed by atoms with E-state index < -0.39 is 11.7 Å². The average Bonchev–Trinajstić information content (AvgIpc) is 2.98. The Kier molecular flexibility index (Phi) is 7.11. The molecule has 1 unspecified atom stereocenters. The maximum absolute atomic E-state index is 12.6. The highest BCUT2D eigenvalue weighted by Gasteiger charge is 2.29. The average molecular weight is 356 g/mol. The Balaban J connectivity index is 1.80. The molecule has 4 nitrogen and oxygen atoms in total. The van der Waals surface area contributed by atoms with Gasteiger partial charge in [0, 0.05) is 26.2 Å². The molecule has 1 aliphatic heterocycles. The molecule has 1 heterocycles. The van der Waals surface area contributed by atoms with Crippen LogP contribution in [0.5, 0.6) is 0 Å². The zero-order chi connectivity index (χ0) is 18.3. The fraction of sp³-hybridized carbons (Fsp3) is 0.611. The van der Waals surface area contributed by atoms with E-state index in [1.807, 2.05) is 6.92 Å². The molecular formula is C18H27F3N4. The predicted octanol–water partition coefficient (Wildman–Crippen LogP) is 2.75. The Morgan fingerprint density at radius 3 is 2.52 bits per heavy atom. The largest absolute Gasteiger partial charge is 0.416 e. The quantitative estimate of drug-likeness (QED) is 0.608. The van der Waals surface area contributed by atoms with Crippen molar-refractivity contribution in [1.29, 1.82) is 0 Å². The number of guanidine groups is 1. The molecule has 0 aliphatic carbocycles. The maximum Gasteiger partial charge on any atom is 0.416 e. The molecule has 140 valence electrons. The van der Waals surface area contributed by atoms with Crippen LogP contribution in [0.3, 0.4) is 0 Å². The number of aliphatic imine (C=N–C) groups is 1. The molecule has 25 heavy (non-hydrogen) atoms. The highest BCUT2D eigenvalue weighted by atomic mass is 19.4. The lowest BCUT2D eigenvalue weighted by molar-refractivity contribution is -0.137. The maximum atomic E-state index is 12.6. The first-order valence-electron chi connectivity index (χ1n) is 8.75. The van der Waals surface area contributed by atoms with E-state index >= 15 is 0 Å². The van der Waals surface area contributed by atoms with E-state index in [1.165, 1.54) is 18.6 Å². The molecule has 0 radical (unpaired) electrons. The first kappa shape index (κ1) is 19.6. The molecule has 0 spiro atoms. The highest BCUT2D eigenvalue weighted by Crippen LogP contribution is 2.29. The minimum Gasteiger partial charge on any atom is -0.357 e. The highest BCUT2D eigenvalue weighted by molar-refractivity contribution is 5.79. The van der Waals surface area contributed by atoms with Crippen LogP contribution in [0, 0.1) is 5.92 Å². The molecule has 1 fully saturated rings. The van der Waals surface area contributed by atoms with Crippen LogP contribution in [-0.4, -0.2) is 50.6 Å². The molecule has 1 aliphatic rings. The summed E-state index contributed by atoms with van der Waals surface area (Å²) in [6.07, 6.45) is -2.46. The van der Waals surface area contributed by atoms with E-state index in [0.717, 1.165) is 49.8 Å². The van der Waals surface area contributed by atoms with E-state index in [0.29, 0.717) is 18.9 Å². The van der Waals surface area contributed by atoms with Crippen molar-refractivity contribution in [2.24, 2.45) is 10.9 Å². The van der Waals surface area contributed by atoms with Gasteiger partial charge < -0.3 is 15.5 Å². The third-order valence-electron chi connectivity index (χ3n) is 4.33. The number of nitrogens with one attached hydrogen (secondary N) is 2. The predicted molar refractivity (Wildman–Crippen MR) is 94.7 cm³/mol. The Morgan fingerprint density at radius 1 is 1.24 bits per heavy atom. The van der Waals surface area contributed by atoms with Crippen molar-refractivity contribution in [2.75, 3.05) is 39.8 Å². The van der Waals surface area contributed by atoms with Gasteiger partial charge in [0.2, 0.25) is 0 Å².